The molecule has 6 atom stereocenters. The predicted molar refractivity (Wildman–Crippen MR) is 90.1 cm³/mol. The van der Waals surface area contributed by atoms with E-state index in [0.29, 0.717) is 0 Å². The number of rotatable bonds is 6. The Morgan fingerprint density at radius 3 is 2.67 bits per heavy atom. The lowest BCUT2D eigenvalue weighted by Gasteiger charge is -2.42. The van der Waals surface area contributed by atoms with Gasteiger partial charge >= 0.3 is 5.97 Å². The minimum Gasteiger partial charge on any atom is -0.459 e. The maximum atomic E-state index is 11.7. The van der Waals surface area contributed by atoms with Crippen LogP contribution in [0.4, 0.5) is 0 Å². The van der Waals surface area contributed by atoms with Gasteiger partial charge in [-0.2, -0.15) is 0 Å². The minimum absolute atomic E-state index is 0.0486. The molecule has 0 bridgehead atoms. The van der Waals surface area contributed by atoms with Gasteiger partial charge in [0, 0.05) is 7.11 Å². The van der Waals surface area contributed by atoms with Crippen molar-refractivity contribution in [2.75, 3.05) is 19.6 Å². The fourth-order valence-corrected chi connectivity index (χ4v) is 4.33. The molecule has 3 fully saturated rings. The molecule has 1 aliphatic carbocycles. The first kappa shape index (κ1) is 18.2. The molecule has 0 aromatic carbocycles. The van der Waals surface area contributed by atoms with Crippen LogP contribution in [-0.4, -0.2) is 55.1 Å². The molecule has 2 aliphatic heterocycles. The number of halogens is 1. The predicted octanol–water partition coefficient (Wildman–Crippen LogP) is 2.84. The van der Waals surface area contributed by atoms with E-state index in [-0.39, 0.29) is 41.3 Å². The molecule has 6 heteroatoms. The summed E-state index contributed by atoms with van der Waals surface area (Å²) < 4.78 is 23.3. The number of hydrogen-bond donors (Lipinski definition) is 0. The molecule has 1 saturated carbocycles. The average Bonchev–Trinajstić information content (AvgIpc) is 3.45. The van der Waals surface area contributed by atoms with E-state index in [2.05, 4.69) is 26.8 Å². The lowest BCUT2D eigenvalue weighted by molar-refractivity contribution is -0.169. The molecular weight excluding hydrogens is 332 g/mol. The Balaban J connectivity index is 1.78. The van der Waals surface area contributed by atoms with E-state index >= 15 is 0 Å². The largest absolute Gasteiger partial charge is 0.459 e. The van der Waals surface area contributed by atoms with Crippen molar-refractivity contribution in [2.24, 2.45) is 5.92 Å². The topological polar surface area (TPSA) is 60.6 Å². The number of carbonyl (C=O) groups excluding carboxylic acids is 1. The minimum atomic E-state index is -0.405. The molecule has 3 rings (SSSR count). The van der Waals surface area contributed by atoms with E-state index < -0.39 is 5.97 Å². The molecule has 1 spiro atoms. The summed E-state index contributed by atoms with van der Waals surface area (Å²) in [5.74, 6) is -0.499. The van der Waals surface area contributed by atoms with Crippen molar-refractivity contribution in [2.45, 2.75) is 69.5 Å². The summed E-state index contributed by atoms with van der Waals surface area (Å²) in [5.41, 5.74) is 0.778. The molecule has 0 N–H and O–H groups in total. The van der Waals surface area contributed by atoms with Gasteiger partial charge in [-0.3, -0.25) is 4.79 Å². The van der Waals surface area contributed by atoms with E-state index in [4.69, 9.17) is 30.5 Å². The van der Waals surface area contributed by atoms with Crippen molar-refractivity contribution < 1.29 is 23.7 Å². The van der Waals surface area contributed by atoms with Crippen LogP contribution in [0.3, 0.4) is 0 Å². The molecule has 3 aliphatic rings. The summed E-state index contributed by atoms with van der Waals surface area (Å²) in [6.45, 7) is 7.03. The maximum absolute atomic E-state index is 11.7. The zero-order chi connectivity index (χ0) is 17.5. The standard InChI is InChI=1S/C18H27ClO5/c1-11(2)5-6-13-17(3,24-13)16-15(21-4)12(23-14(20)9-19)7-8-18(16)10-22-18/h5,12-13,15-16H,6-10H2,1-4H3/t12-,13?,15-,16-,17?,18+/m1/s1. The van der Waals surface area contributed by atoms with E-state index in [1.54, 1.807) is 7.11 Å². The zero-order valence-electron chi connectivity index (χ0n) is 14.8. The van der Waals surface area contributed by atoms with Gasteiger partial charge in [-0.1, -0.05) is 11.6 Å². The third-order valence-electron chi connectivity index (χ3n) is 5.63. The second-order valence-corrected chi connectivity index (χ2v) is 7.81. The lowest BCUT2D eigenvalue weighted by Crippen LogP contribution is -2.55. The van der Waals surface area contributed by atoms with Crippen LogP contribution in [0.1, 0.15) is 40.0 Å². The molecule has 0 amide bonds. The Morgan fingerprint density at radius 2 is 2.12 bits per heavy atom. The quantitative estimate of drug-likeness (QED) is 0.316. The third kappa shape index (κ3) is 3.24. The number of allylic oxidation sites excluding steroid dienone is 1. The van der Waals surface area contributed by atoms with Crippen LogP contribution in [0.15, 0.2) is 11.6 Å². The van der Waals surface area contributed by atoms with E-state index in [1.165, 1.54) is 5.57 Å². The van der Waals surface area contributed by atoms with Crippen molar-refractivity contribution in [3.8, 4) is 0 Å². The van der Waals surface area contributed by atoms with Gasteiger partial charge < -0.3 is 18.9 Å². The average molecular weight is 359 g/mol. The van der Waals surface area contributed by atoms with Crippen LogP contribution in [0.2, 0.25) is 0 Å². The third-order valence-corrected chi connectivity index (χ3v) is 5.85. The van der Waals surface area contributed by atoms with E-state index in [1.807, 2.05) is 0 Å². The summed E-state index contributed by atoms with van der Waals surface area (Å²) in [6, 6.07) is 0. The number of methoxy groups -OCH3 is 1. The Morgan fingerprint density at radius 1 is 1.42 bits per heavy atom. The van der Waals surface area contributed by atoms with Gasteiger partial charge in [0.1, 0.15) is 29.3 Å². The van der Waals surface area contributed by atoms with Crippen LogP contribution in [0.5, 0.6) is 0 Å². The molecular formula is C18H27ClO5. The number of carbonyl (C=O) groups is 1. The van der Waals surface area contributed by atoms with Crippen LogP contribution in [0.25, 0.3) is 0 Å². The van der Waals surface area contributed by atoms with Crippen LogP contribution < -0.4 is 0 Å². The van der Waals surface area contributed by atoms with Crippen LogP contribution in [-0.2, 0) is 23.7 Å². The molecule has 2 heterocycles. The molecule has 0 radical (unpaired) electrons. The Kier molecular flexibility index (Phi) is 5.00. The Hall–Kier alpha value is -0.620. The van der Waals surface area contributed by atoms with Crippen LogP contribution >= 0.6 is 11.6 Å². The monoisotopic (exact) mass is 358 g/mol. The van der Waals surface area contributed by atoms with Gasteiger partial charge in [0.15, 0.2) is 0 Å². The summed E-state index contributed by atoms with van der Waals surface area (Å²) in [6.07, 6.45) is 4.28. The van der Waals surface area contributed by atoms with Gasteiger partial charge in [-0.25, -0.2) is 0 Å². The smallest absolute Gasteiger partial charge is 0.321 e. The van der Waals surface area contributed by atoms with Gasteiger partial charge in [0.2, 0.25) is 0 Å². The van der Waals surface area contributed by atoms with Crippen molar-refractivity contribution >= 4 is 17.6 Å². The molecule has 2 saturated heterocycles. The van der Waals surface area contributed by atoms with Gasteiger partial charge in [0.05, 0.1) is 18.6 Å². The Labute approximate surface area is 148 Å². The molecule has 0 aromatic rings. The van der Waals surface area contributed by atoms with Crippen molar-refractivity contribution in [3.63, 3.8) is 0 Å². The van der Waals surface area contributed by atoms with Gasteiger partial charge in [0.25, 0.3) is 0 Å². The first-order valence-electron chi connectivity index (χ1n) is 8.59. The van der Waals surface area contributed by atoms with Gasteiger partial charge in [-0.05, 0) is 40.0 Å². The number of epoxide rings is 2. The highest BCUT2D eigenvalue weighted by Crippen LogP contribution is 2.59. The van der Waals surface area contributed by atoms with Crippen LogP contribution in [0, 0.1) is 5.92 Å². The molecule has 136 valence electrons. The number of hydrogen-bond acceptors (Lipinski definition) is 5. The van der Waals surface area contributed by atoms with Gasteiger partial charge in [-0.15, -0.1) is 11.6 Å². The van der Waals surface area contributed by atoms with E-state index in [9.17, 15) is 4.79 Å². The second kappa shape index (κ2) is 6.60. The first-order chi connectivity index (χ1) is 11.4. The van der Waals surface area contributed by atoms with Crippen molar-refractivity contribution in [1.82, 2.24) is 0 Å². The highest BCUT2D eigenvalue weighted by molar-refractivity contribution is 6.26. The van der Waals surface area contributed by atoms with Crippen molar-refractivity contribution in [3.05, 3.63) is 11.6 Å². The summed E-state index contributed by atoms with van der Waals surface area (Å²) in [7, 11) is 1.66. The maximum Gasteiger partial charge on any atom is 0.321 e. The lowest BCUT2D eigenvalue weighted by atomic mass is 9.68. The number of alkyl halides is 1. The molecule has 5 nitrogen and oxygen atoms in total. The first-order valence-corrected chi connectivity index (χ1v) is 9.13. The van der Waals surface area contributed by atoms with Crippen molar-refractivity contribution in [1.29, 1.82) is 0 Å². The molecule has 2 unspecified atom stereocenters. The zero-order valence-corrected chi connectivity index (χ0v) is 15.6. The SMILES string of the molecule is CO[C@H]1[C@H](C2(C)OC2CC=C(C)C)[C@]2(CC[C@H]1OC(=O)CCl)CO2. The summed E-state index contributed by atoms with van der Waals surface area (Å²) in [4.78, 5) is 11.7. The number of esters is 1. The highest BCUT2D eigenvalue weighted by Gasteiger charge is 2.72. The Bertz CT molecular complexity index is 526. The fraction of sp³-hybridized carbons (Fsp3) is 0.833. The highest BCUT2D eigenvalue weighted by atomic mass is 35.5. The fourth-order valence-electron chi connectivity index (χ4n) is 4.27. The van der Waals surface area contributed by atoms with E-state index in [0.717, 1.165) is 25.9 Å². The second-order valence-electron chi connectivity index (χ2n) is 7.54. The summed E-state index contributed by atoms with van der Waals surface area (Å²) >= 11 is 5.59. The normalized spacial score (nSPS) is 43.4. The molecule has 0 aromatic heterocycles. The number of ether oxygens (including phenoxy) is 4. The summed E-state index contributed by atoms with van der Waals surface area (Å²) in [5, 5.41) is 0. The molecule has 24 heavy (non-hydrogen) atoms.